The molecule has 0 heterocycles. The first-order valence-electron chi connectivity index (χ1n) is 4.93. The van der Waals surface area contributed by atoms with Crippen LogP contribution < -0.4 is 0 Å². The van der Waals surface area contributed by atoms with Gasteiger partial charge in [0.1, 0.15) is 0 Å². The standard InChI is InChI=1S/C12H13Cl2O/c13-11-7-6-10(9-12(11)14)5-3-1-2-4-8-15/h3,5-7,9H,1-2,4,8H2. The third-order valence-electron chi connectivity index (χ3n) is 2.02. The summed E-state index contributed by atoms with van der Waals surface area (Å²) in [6, 6.07) is 5.52. The van der Waals surface area contributed by atoms with Crippen LogP contribution in [0.2, 0.25) is 10.0 Å². The number of hydrogen-bond donors (Lipinski definition) is 0. The minimum atomic E-state index is 0.0145. The number of unbranched alkanes of at least 4 members (excludes halogenated alkanes) is 2. The van der Waals surface area contributed by atoms with Crippen molar-refractivity contribution in [3.05, 3.63) is 39.9 Å². The lowest BCUT2D eigenvalue weighted by atomic mass is 10.1. The number of rotatable bonds is 5. The van der Waals surface area contributed by atoms with E-state index in [1.54, 1.807) is 6.07 Å². The van der Waals surface area contributed by atoms with E-state index in [1.165, 1.54) is 0 Å². The zero-order valence-corrected chi connectivity index (χ0v) is 9.89. The van der Waals surface area contributed by atoms with E-state index in [9.17, 15) is 5.11 Å². The lowest BCUT2D eigenvalue weighted by Crippen LogP contribution is -1.79. The van der Waals surface area contributed by atoms with Crippen molar-refractivity contribution in [2.45, 2.75) is 19.3 Å². The monoisotopic (exact) mass is 243 g/mol. The molecule has 0 saturated heterocycles. The molecule has 0 unspecified atom stereocenters. The van der Waals surface area contributed by atoms with Crippen molar-refractivity contribution < 1.29 is 5.11 Å². The van der Waals surface area contributed by atoms with Crippen LogP contribution >= 0.6 is 23.2 Å². The smallest absolute Gasteiger partial charge is 0.0822 e. The van der Waals surface area contributed by atoms with Gasteiger partial charge in [-0.2, -0.15) is 0 Å². The predicted molar refractivity (Wildman–Crippen MR) is 64.9 cm³/mol. The third-order valence-corrected chi connectivity index (χ3v) is 2.76. The summed E-state index contributed by atoms with van der Waals surface area (Å²) in [6.45, 7) is 0.0145. The van der Waals surface area contributed by atoms with Crippen molar-refractivity contribution in [1.82, 2.24) is 0 Å². The SMILES string of the molecule is [O]CCCCC=Cc1ccc(Cl)c(Cl)c1. The van der Waals surface area contributed by atoms with Crippen molar-refractivity contribution in [2.75, 3.05) is 6.61 Å². The zero-order chi connectivity index (χ0) is 11.1. The maximum atomic E-state index is 10.2. The molecule has 1 aromatic rings. The van der Waals surface area contributed by atoms with E-state index in [1.807, 2.05) is 18.2 Å². The van der Waals surface area contributed by atoms with E-state index in [2.05, 4.69) is 6.08 Å². The van der Waals surface area contributed by atoms with Crippen LogP contribution in [0, 0.1) is 0 Å². The molecule has 1 rings (SSSR count). The average molecular weight is 244 g/mol. The molecule has 1 nitrogen and oxygen atoms in total. The Morgan fingerprint density at radius 1 is 1.13 bits per heavy atom. The van der Waals surface area contributed by atoms with Gasteiger partial charge in [-0.1, -0.05) is 41.4 Å². The Bertz CT molecular complexity index is 334. The van der Waals surface area contributed by atoms with Crippen LogP contribution in [0.4, 0.5) is 0 Å². The Balaban J connectivity index is 2.46. The number of allylic oxidation sites excluding steroid dienone is 1. The van der Waals surface area contributed by atoms with E-state index < -0.39 is 0 Å². The molecule has 0 spiro atoms. The highest BCUT2D eigenvalue weighted by molar-refractivity contribution is 6.42. The van der Waals surface area contributed by atoms with Gasteiger partial charge >= 0.3 is 0 Å². The lowest BCUT2D eigenvalue weighted by molar-refractivity contribution is 0.187. The Morgan fingerprint density at radius 3 is 2.60 bits per heavy atom. The molecule has 3 heteroatoms. The van der Waals surface area contributed by atoms with E-state index in [0.29, 0.717) is 10.0 Å². The molecule has 0 aromatic heterocycles. The van der Waals surface area contributed by atoms with Gasteiger partial charge in [-0.15, -0.1) is 0 Å². The van der Waals surface area contributed by atoms with Crippen LogP contribution in [0.3, 0.4) is 0 Å². The summed E-state index contributed by atoms with van der Waals surface area (Å²) in [6.07, 6.45) is 6.66. The van der Waals surface area contributed by atoms with Gasteiger partial charge < -0.3 is 0 Å². The van der Waals surface area contributed by atoms with Gasteiger partial charge in [-0.05, 0) is 37.0 Å². The molecule has 0 fully saturated rings. The summed E-state index contributed by atoms with van der Waals surface area (Å²) >= 11 is 11.7. The summed E-state index contributed by atoms with van der Waals surface area (Å²) in [7, 11) is 0. The van der Waals surface area contributed by atoms with Crippen molar-refractivity contribution in [3.8, 4) is 0 Å². The molecule has 15 heavy (non-hydrogen) atoms. The molecular weight excluding hydrogens is 231 g/mol. The zero-order valence-electron chi connectivity index (χ0n) is 8.38. The van der Waals surface area contributed by atoms with Crippen molar-refractivity contribution in [1.29, 1.82) is 0 Å². The van der Waals surface area contributed by atoms with E-state index in [4.69, 9.17) is 23.2 Å². The highest BCUT2D eigenvalue weighted by atomic mass is 35.5. The third kappa shape index (κ3) is 4.70. The van der Waals surface area contributed by atoms with Crippen LogP contribution in [0.15, 0.2) is 24.3 Å². The first-order chi connectivity index (χ1) is 7.24. The van der Waals surface area contributed by atoms with Crippen LogP contribution in [-0.4, -0.2) is 6.61 Å². The largest absolute Gasteiger partial charge is 0.237 e. The van der Waals surface area contributed by atoms with Crippen molar-refractivity contribution in [2.24, 2.45) is 0 Å². The molecule has 1 radical (unpaired) electrons. The maximum absolute atomic E-state index is 10.2. The predicted octanol–water partition coefficient (Wildman–Crippen LogP) is 4.61. The molecule has 1 aromatic carbocycles. The highest BCUT2D eigenvalue weighted by Crippen LogP contribution is 2.23. The van der Waals surface area contributed by atoms with Crippen molar-refractivity contribution >= 4 is 29.3 Å². The second-order valence-corrected chi connectivity index (χ2v) is 4.09. The van der Waals surface area contributed by atoms with Crippen molar-refractivity contribution in [3.63, 3.8) is 0 Å². The molecule has 0 amide bonds. The minimum Gasteiger partial charge on any atom is -0.237 e. The van der Waals surface area contributed by atoms with E-state index in [0.717, 1.165) is 24.8 Å². The van der Waals surface area contributed by atoms with Gasteiger partial charge in [0.05, 0.1) is 16.7 Å². The Hall–Kier alpha value is -0.500. The summed E-state index contributed by atoms with van der Waals surface area (Å²) < 4.78 is 0. The van der Waals surface area contributed by atoms with Crippen LogP contribution in [0.25, 0.3) is 6.08 Å². The molecular formula is C12H13Cl2O. The fourth-order valence-corrected chi connectivity index (χ4v) is 1.51. The second kappa shape index (κ2) is 6.89. The molecule has 0 N–H and O–H groups in total. The summed E-state index contributed by atoms with van der Waals surface area (Å²) in [5, 5.41) is 11.3. The number of benzene rings is 1. The van der Waals surface area contributed by atoms with Gasteiger partial charge in [-0.25, -0.2) is 5.11 Å². The summed E-state index contributed by atoms with van der Waals surface area (Å²) in [4.78, 5) is 0. The average Bonchev–Trinajstić information content (AvgIpc) is 2.23. The summed E-state index contributed by atoms with van der Waals surface area (Å²) in [5.74, 6) is 0. The maximum Gasteiger partial charge on any atom is 0.0822 e. The number of hydrogen-bond acceptors (Lipinski definition) is 0. The van der Waals surface area contributed by atoms with Crippen LogP contribution in [-0.2, 0) is 5.11 Å². The quantitative estimate of drug-likeness (QED) is 0.674. The Labute approximate surface area is 100 Å². The van der Waals surface area contributed by atoms with Gasteiger partial charge in [0.25, 0.3) is 0 Å². The Morgan fingerprint density at radius 2 is 1.93 bits per heavy atom. The van der Waals surface area contributed by atoms with E-state index in [-0.39, 0.29) is 6.61 Å². The minimum absolute atomic E-state index is 0.0145. The molecule has 0 bridgehead atoms. The molecule has 0 atom stereocenters. The van der Waals surface area contributed by atoms with Gasteiger partial charge in [0.15, 0.2) is 0 Å². The fraction of sp³-hybridized carbons (Fsp3) is 0.333. The molecule has 0 aliphatic rings. The normalized spacial score (nSPS) is 11.1. The molecule has 0 saturated carbocycles. The summed E-state index contributed by atoms with van der Waals surface area (Å²) in [5.41, 5.74) is 1.03. The van der Waals surface area contributed by atoms with Crippen LogP contribution in [0.5, 0.6) is 0 Å². The second-order valence-electron chi connectivity index (χ2n) is 3.28. The molecule has 0 aliphatic carbocycles. The number of halogens is 2. The van der Waals surface area contributed by atoms with Gasteiger partial charge in [0, 0.05) is 0 Å². The first kappa shape index (κ1) is 12.6. The van der Waals surface area contributed by atoms with Crippen LogP contribution in [0.1, 0.15) is 24.8 Å². The van der Waals surface area contributed by atoms with Gasteiger partial charge in [0.2, 0.25) is 0 Å². The fourth-order valence-electron chi connectivity index (χ4n) is 1.20. The van der Waals surface area contributed by atoms with Gasteiger partial charge in [-0.3, -0.25) is 0 Å². The van der Waals surface area contributed by atoms with E-state index >= 15 is 0 Å². The molecule has 81 valence electrons. The first-order valence-corrected chi connectivity index (χ1v) is 5.69. The Kier molecular flexibility index (Phi) is 5.77. The molecule has 0 aliphatic heterocycles. The highest BCUT2D eigenvalue weighted by Gasteiger charge is 1.96. The lowest BCUT2D eigenvalue weighted by Gasteiger charge is -1.97. The topological polar surface area (TPSA) is 19.9 Å².